The van der Waals surface area contributed by atoms with Gasteiger partial charge in [-0.1, -0.05) is 0 Å². The third-order valence-corrected chi connectivity index (χ3v) is 0. The zero-order valence-electron chi connectivity index (χ0n) is 3.46. The second-order valence-corrected chi connectivity index (χ2v) is 2.88. The van der Waals surface area contributed by atoms with E-state index in [1.54, 1.807) is 0 Å². The first-order valence-electron chi connectivity index (χ1n) is 1.10. The third kappa shape index (κ3) is 108. The summed E-state index contributed by atoms with van der Waals surface area (Å²) in [6, 6.07) is 0. The largest absolute Gasteiger partial charge is 1.00 e. The van der Waals surface area contributed by atoms with Crippen LogP contribution in [0.4, 0.5) is 0 Å². The molecule has 4 heteroatoms. The van der Waals surface area contributed by atoms with Crippen LogP contribution in [0.1, 0.15) is 6.92 Å². The predicted octanol–water partition coefficient (Wildman–Crippen LogP) is -6.38. The smallest absolute Gasteiger partial charge is 0.0149 e. The molecule has 0 rings (SSSR count). The molecule has 7 heavy (non-hydrogen) atoms. The summed E-state index contributed by atoms with van der Waals surface area (Å²) in [5.41, 5.74) is 0. The fourth-order valence-electron chi connectivity index (χ4n) is 0. The third-order valence-electron chi connectivity index (χ3n) is 0. The first kappa shape index (κ1) is 23.7. The van der Waals surface area contributed by atoms with E-state index >= 15 is 0 Å². The normalized spacial score (nSPS) is 3.86. The second kappa shape index (κ2) is 15.7. The van der Waals surface area contributed by atoms with E-state index in [0.717, 1.165) is 0 Å². The van der Waals surface area contributed by atoms with Gasteiger partial charge in [0.15, 0.2) is 0 Å². The Morgan fingerprint density at radius 1 is 1.43 bits per heavy atom. The van der Waals surface area contributed by atoms with E-state index in [9.17, 15) is 0 Å². The molecule has 0 aliphatic carbocycles. The first-order valence-corrected chi connectivity index (χ1v) is 2.33. The molecule has 0 spiro atoms. The van der Waals surface area contributed by atoms with Crippen LogP contribution in [-0.2, 0) is 24.7 Å². The molecular formula is C3H9Cl2SiZr. The minimum Gasteiger partial charge on any atom is -1.00 e. The summed E-state index contributed by atoms with van der Waals surface area (Å²) in [5.74, 6) is 0. The number of hydrogen-bond donors (Lipinski definition) is 0. The van der Waals surface area contributed by atoms with Crippen LogP contribution in [0.3, 0.4) is 0 Å². The van der Waals surface area contributed by atoms with Crippen molar-refractivity contribution in [3.8, 4) is 0 Å². The van der Waals surface area contributed by atoms with Gasteiger partial charge in [0.1, 0.15) is 0 Å². The number of hydrogen-bond acceptors (Lipinski definition) is 0. The average molecular weight is 235 g/mol. The molecule has 0 aliphatic rings. The van der Waals surface area contributed by atoms with Gasteiger partial charge in [-0.05, 0) is 11.0 Å². The Balaban J connectivity index is -0.0000000150. The molecule has 0 aromatic rings. The second-order valence-electron chi connectivity index (χ2n) is 0.780. The van der Waals surface area contributed by atoms with Gasteiger partial charge in [0.05, 0.1) is 0 Å². The van der Waals surface area contributed by atoms with Crippen LogP contribution in [0.25, 0.3) is 0 Å². The minimum atomic E-state index is 0. The van der Waals surface area contributed by atoms with Crippen LogP contribution in [0.2, 0.25) is 0 Å². The van der Waals surface area contributed by atoms with Crippen molar-refractivity contribution in [2.24, 2.45) is 0 Å². The Bertz CT molecular complexity index is 35.9. The summed E-state index contributed by atoms with van der Waals surface area (Å²) in [4.78, 5) is 0. The SMILES string of the molecule is C=[C](C)[Zr+2].[Cl-].[Cl-].[SiH4]. The van der Waals surface area contributed by atoms with Gasteiger partial charge in [0.25, 0.3) is 0 Å². The van der Waals surface area contributed by atoms with Gasteiger partial charge in [-0.2, -0.15) is 0 Å². The van der Waals surface area contributed by atoms with Gasteiger partial charge in [-0.25, -0.2) is 0 Å². The summed E-state index contributed by atoms with van der Waals surface area (Å²) in [5, 5.41) is 0. The molecule has 0 atom stereocenters. The minimum absolute atomic E-state index is 0. The van der Waals surface area contributed by atoms with Crippen molar-refractivity contribution in [2.45, 2.75) is 6.92 Å². The molecule has 43 valence electrons. The molecule has 0 nitrogen and oxygen atoms in total. The maximum Gasteiger partial charge on any atom is -0.0149 e. The van der Waals surface area contributed by atoms with Crippen molar-refractivity contribution < 1.29 is 49.5 Å². The molecule has 0 bridgehead atoms. The Hall–Kier alpha value is 1.42. The van der Waals surface area contributed by atoms with E-state index in [-0.39, 0.29) is 35.8 Å². The van der Waals surface area contributed by atoms with E-state index < -0.39 is 0 Å². The van der Waals surface area contributed by atoms with E-state index in [1.807, 2.05) is 6.92 Å². The number of rotatable bonds is 0. The summed E-state index contributed by atoms with van der Waals surface area (Å²) in [6.45, 7) is 5.61. The van der Waals surface area contributed by atoms with E-state index in [2.05, 4.69) is 6.58 Å². The van der Waals surface area contributed by atoms with Crippen LogP contribution in [0.5, 0.6) is 0 Å². The predicted molar refractivity (Wildman–Crippen MR) is 26.1 cm³/mol. The molecule has 0 aromatic carbocycles. The zero-order valence-corrected chi connectivity index (χ0v) is 7.43. The molecular weight excluding hydrogens is 226 g/mol. The Kier molecular flexibility index (Phi) is 53.1. The fourth-order valence-corrected chi connectivity index (χ4v) is 0. The van der Waals surface area contributed by atoms with Crippen LogP contribution in [-0.4, -0.2) is 11.0 Å². The van der Waals surface area contributed by atoms with E-state index in [0.29, 0.717) is 0 Å². The van der Waals surface area contributed by atoms with Crippen LogP contribution in [0, 0.1) is 0 Å². The van der Waals surface area contributed by atoms with E-state index in [4.69, 9.17) is 0 Å². The van der Waals surface area contributed by atoms with Crippen molar-refractivity contribution in [3.05, 3.63) is 9.86 Å². The van der Waals surface area contributed by atoms with Crippen molar-refractivity contribution in [1.29, 1.82) is 0 Å². The summed E-state index contributed by atoms with van der Waals surface area (Å²) in [7, 11) is 0. The molecule has 0 N–H and O–H groups in total. The molecule has 0 saturated carbocycles. The molecule has 0 fully saturated rings. The Labute approximate surface area is 76.8 Å². The van der Waals surface area contributed by atoms with Crippen molar-refractivity contribution in [3.63, 3.8) is 0 Å². The molecule has 0 heterocycles. The maximum atomic E-state index is 3.60. The van der Waals surface area contributed by atoms with Gasteiger partial charge in [0, 0.05) is 0 Å². The maximum absolute atomic E-state index is 3.60. The fraction of sp³-hybridized carbons (Fsp3) is 0.333. The Morgan fingerprint density at radius 2 is 1.43 bits per heavy atom. The van der Waals surface area contributed by atoms with Crippen molar-refractivity contribution >= 4 is 11.0 Å². The van der Waals surface area contributed by atoms with Gasteiger partial charge in [-0.15, -0.1) is 0 Å². The van der Waals surface area contributed by atoms with Gasteiger partial charge in [0.2, 0.25) is 0 Å². The van der Waals surface area contributed by atoms with Gasteiger partial charge in [-0.3, -0.25) is 0 Å². The first-order chi connectivity index (χ1) is 1.73. The van der Waals surface area contributed by atoms with Crippen LogP contribution in [0.15, 0.2) is 9.86 Å². The van der Waals surface area contributed by atoms with Crippen molar-refractivity contribution in [1.82, 2.24) is 0 Å². The topological polar surface area (TPSA) is 0 Å². The molecule has 0 radical (unpaired) electrons. The van der Waals surface area contributed by atoms with E-state index in [1.165, 1.54) is 28.0 Å². The molecule has 0 aliphatic heterocycles. The van der Waals surface area contributed by atoms with Gasteiger partial charge >= 0.3 is 41.5 Å². The zero-order chi connectivity index (χ0) is 3.58. The Morgan fingerprint density at radius 3 is 1.43 bits per heavy atom. The van der Waals surface area contributed by atoms with Crippen molar-refractivity contribution in [2.75, 3.05) is 0 Å². The summed E-state index contributed by atoms with van der Waals surface area (Å²) >= 11 is 1.44. The van der Waals surface area contributed by atoms with Crippen LogP contribution < -0.4 is 24.8 Å². The number of allylic oxidation sites excluding steroid dienone is 1. The van der Waals surface area contributed by atoms with Gasteiger partial charge < -0.3 is 24.8 Å². The monoisotopic (exact) mass is 233 g/mol. The average Bonchev–Trinajstić information content (AvgIpc) is 0.811. The summed E-state index contributed by atoms with van der Waals surface area (Å²) < 4.78 is 1.26. The quantitative estimate of drug-likeness (QED) is 0.366. The molecule has 0 saturated heterocycles. The van der Waals surface area contributed by atoms with Crippen LogP contribution >= 0.6 is 0 Å². The molecule has 0 amide bonds. The summed E-state index contributed by atoms with van der Waals surface area (Å²) in [6.07, 6.45) is 0. The number of halogens is 2. The molecule has 0 aromatic heterocycles. The standard InChI is InChI=1S/C3H5.2ClH.H4Si.Zr/c1-3-2;;;;/h1H2,2H3;2*1H;1H4;/q;;;;+2/p-2. The molecule has 0 unspecified atom stereocenters.